The van der Waals surface area contributed by atoms with Crippen LogP contribution >= 0.6 is 24.0 Å². The summed E-state index contributed by atoms with van der Waals surface area (Å²) in [7, 11) is 0. The SMILES string of the molecule is I.O=C1CCCN1CCCN=C(Nc1ccccc1)N1CCCCC1. The van der Waals surface area contributed by atoms with Crippen LogP contribution in [-0.2, 0) is 4.79 Å². The van der Waals surface area contributed by atoms with E-state index in [1.165, 1.54) is 19.3 Å². The number of benzene rings is 1. The van der Waals surface area contributed by atoms with E-state index in [0.29, 0.717) is 5.91 Å². The van der Waals surface area contributed by atoms with Crippen molar-refractivity contribution in [3.63, 3.8) is 0 Å². The molecule has 2 saturated heterocycles. The monoisotopic (exact) mass is 456 g/mol. The number of hydrogen-bond donors (Lipinski definition) is 1. The lowest BCUT2D eigenvalue weighted by Crippen LogP contribution is -2.40. The molecule has 6 heteroatoms. The fourth-order valence-electron chi connectivity index (χ4n) is 3.36. The average molecular weight is 456 g/mol. The number of nitrogens with zero attached hydrogens (tertiary/aromatic N) is 3. The fraction of sp³-hybridized carbons (Fsp3) is 0.579. The Bertz CT molecular complexity index is 558. The van der Waals surface area contributed by atoms with Crippen LogP contribution in [-0.4, -0.2) is 54.4 Å². The zero-order valence-electron chi connectivity index (χ0n) is 14.8. The minimum atomic E-state index is 0. The van der Waals surface area contributed by atoms with Crippen LogP contribution in [0.2, 0.25) is 0 Å². The Hall–Kier alpha value is -1.31. The number of nitrogens with one attached hydrogen (secondary N) is 1. The van der Waals surface area contributed by atoms with Gasteiger partial charge in [0.05, 0.1) is 0 Å². The smallest absolute Gasteiger partial charge is 0.222 e. The molecule has 1 aromatic rings. The van der Waals surface area contributed by atoms with E-state index in [0.717, 1.165) is 63.6 Å². The van der Waals surface area contributed by atoms with Gasteiger partial charge in [-0.3, -0.25) is 9.79 Å². The maximum absolute atomic E-state index is 11.7. The molecule has 5 nitrogen and oxygen atoms in total. The molecule has 0 bridgehead atoms. The second-order valence-electron chi connectivity index (χ2n) is 6.58. The topological polar surface area (TPSA) is 47.9 Å². The van der Waals surface area contributed by atoms with E-state index in [9.17, 15) is 4.79 Å². The van der Waals surface area contributed by atoms with Gasteiger partial charge in [0, 0.05) is 44.8 Å². The quantitative estimate of drug-likeness (QED) is 0.319. The summed E-state index contributed by atoms with van der Waals surface area (Å²) in [5.41, 5.74) is 1.08. The minimum Gasteiger partial charge on any atom is -0.343 e. The summed E-state index contributed by atoms with van der Waals surface area (Å²) in [5.74, 6) is 1.28. The molecule has 0 aromatic heterocycles. The highest BCUT2D eigenvalue weighted by atomic mass is 127. The number of anilines is 1. The van der Waals surface area contributed by atoms with E-state index in [-0.39, 0.29) is 24.0 Å². The van der Waals surface area contributed by atoms with Gasteiger partial charge in [0.15, 0.2) is 5.96 Å². The van der Waals surface area contributed by atoms with E-state index in [2.05, 4.69) is 22.3 Å². The van der Waals surface area contributed by atoms with Crippen molar-refractivity contribution in [3.8, 4) is 0 Å². The Kier molecular flexibility index (Phi) is 8.51. The van der Waals surface area contributed by atoms with Crippen LogP contribution < -0.4 is 5.32 Å². The molecule has 1 aromatic carbocycles. The molecule has 0 saturated carbocycles. The van der Waals surface area contributed by atoms with Crippen molar-refractivity contribution >= 4 is 41.5 Å². The Morgan fingerprint density at radius 2 is 1.80 bits per heavy atom. The Labute approximate surface area is 167 Å². The van der Waals surface area contributed by atoms with Crippen molar-refractivity contribution in [2.75, 3.05) is 38.0 Å². The molecule has 1 amide bonds. The average Bonchev–Trinajstić information content (AvgIpc) is 3.04. The zero-order valence-corrected chi connectivity index (χ0v) is 17.2. The molecule has 138 valence electrons. The number of carbonyl (C=O) groups excluding carboxylic acids is 1. The van der Waals surface area contributed by atoms with Gasteiger partial charge in [-0.25, -0.2) is 0 Å². The van der Waals surface area contributed by atoms with Crippen molar-refractivity contribution in [1.29, 1.82) is 0 Å². The maximum Gasteiger partial charge on any atom is 0.222 e. The number of carbonyl (C=O) groups is 1. The predicted molar refractivity (Wildman–Crippen MR) is 114 cm³/mol. The van der Waals surface area contributed by atoms with E-state index in [1.54, 1.807) is 0 Å². The van der Waals surface area contributed by atoms with Crippen LogP contribution in [0.15, 0.2) is 35.3 Å². The summed E-state index contributed by atoms with van der Waals surface area (Å²) >= 11 is 0. The van der Waals surface area contributed by atoms with Crippen LogP contribution in [0, 0.1) is 0 Å². The maximum atomic E-state index is 11.7. The Morgan fingerprint density at radius 1 is 1.04 bits per heavy atom. The first kappa shape index (κ1) is 20.0. The van der Waals surface area contributed by atoms with Gasteiger partial charge in [0.25, 0.3) is 0 Å². The normalized spacial score (nSPS) is 18.2. The minimum absolute atomic E-state index is 0. The molecule has 2 fully saturated rings. The third kappa shape index (κ3) is 6.17. The second kappa shape index (κ2) is 10.6. The van der Waals surface area contributed by atoms with Crippen molar-refractivity contribution in [2.24, 2.45) is 4.99 Å². The summed E-state index contributed by atoms with van der Waals surface area (Å²) in [6.07, 6.45) is 6.44. The van der Waals surface area contributed by atoms with Crippen molar-refractivity contribution in [1.82, 2.24) is 9.80 Å². The van der Waals surface area contributed by atoms with Gasteiger partial charge >= 0.3 is 0 Å². The molecule has 0 aliphatic carbocycles. The molecule has 0 spiro atoms. The van der Waals surface area contributed by atoms with Crippen LogP contribution in [0.1, 0.15) is 38.5 Å². The molecule has 0 atom stereocenters. The molecular formula is C19H29IN4O. The first-order valence-electron chi connectivity index (χ1n) is 9.22. The Balaban J connectivity index is 0.00000225. The lowest BCUT2D eigenvalue weighted by molar-refractivity contribution is -0.127. The summed E-state index contributed by atoms with van der Waals surface area (Å²) in [6.45, 7) is 4.66. The largest absolute Gasteiger partial charge is 0.343 e. The molecule has 2 heterocycles. The molecular weight excluding hydrogens is 427 g/mol. The highest BCUT2D eigenvalue weighted by molar-refractivity contribution is 14.0. The third-order valence-electron chi connectivity index (χ3n) is 4.70. The first-order valence-corrected chi connectivity index (χ1v) is 9.22. The summed E-state index contributed by atoms with van der Waals surface area (Å²) in [5, 5.41) is 3.48. The number of piperidine rings is 1. The van der Waals surface area contributed by atoms with Crippen molar-refractivity contribution < 1.29 is 4.79 Å². The van der Waals surface area contributed by atoms with Gasteiger partial charge in [-0.15, -0.1) is 24.0 Å². The number of amides is 1. The van der Waals surface area contributed by atoms with Crippen LogP contribution in [0.4, 0.5) is 5.69 Å². The molecule has 3 rings (SSSR count). The highest BCUT2D eigenvalue weighted by Gasteiger charge is 2.19. The predicted octanol–water partition coefficient (Wildman–Crippen LogP) is 3.57. The van der Waals surface area contributed by atoms with Crippen LogP contribution in [0.5, 0.6) is 0 Å². The van der Waals surface area contributed by atoms with Crippen molar-refractivity contribution in [3.05, 3.63) is 30.3 Å². The fourth-order valence-corrected chi connectivity index (χ4v) is 3.36. The second-order valence-corrected chi connectivity index (χ2v) is 6.58. The van der Waals surface area contributed by atoms with Crippen LogP contribution in [0.25, 0.3) is 0 Å². The van der Waals surface area contributed by atoms with E-state index in [1.807, 2.05) is 23.1 Å². The number of likely N-dealkylation sites (tertiary alicyclic amines) is 2. The van der Waals surface area contributed by atoms with E-state index in [4.69, 9.17) is 4.99 Å². The zero-order chi connectivity index (χ0) is 16.6. The summed E-state index contributed by atoms with van der Waals surface area (Å²) in [6, 6.07) is 10.2. The standard InChI is InChI=1S/C19H28N4O.HI/c24-18-11-7-15-22(18)16-8-12-20-19(23-13-5-2-6-14-23)21-17-9-3-1-4-10-17;/h1,3-4,9-10H,2,5-8,11-16H2,(H,20,21);1H. The first-order chi connectivity index (χ1) is 11.8. The van der Waals surface area contributed by atoms with Gasteiger partial charge in [-0.1, -0.05) is 18.2 Å². The van der Waals surface area contributed by atoms with Crippen molar-refractivity contribution in [2.45, 2.75) is 38.5 Å². The lowest BCUT2D eigenvalue weighted by Gasteiger charge is -2.30. The molecule has 2 aliphatic rings. The number of halogens is 1. The van der Waals surface area contributed by atoms with E-state index >= 15 is 0 Å². The van der Waals surface area contributed by atoms with Gasteiger partial charge < -0.3 is 15.1 Å². The number of rotatable bonds is 5. The number of hydrogen-bond acceptors (Lipinski definition) is 2. The molecule has 0 radical (unpaired) electrons. The summed E-state index contributed by atoms with van der Waals surface area (Å²) in [4.78, 5) is 20.8. The van der Waals surface area contributed by atoms with Gasteiger partial charge in [-0.05, 0) is 44.2 Å². The summed E-state index contributed by atoms with van der Waals surface area (Å²) < 4.78 is 0. The molecule has 2 aliphatic heterocycles. The number of guanidine groups is 1. The third-order valence-corrected chi connectivity index (χ3v) is 4.70. The van der Waals surface area contributed by atoms with Gasteiger partial charge in [0.1, 0.15) is 0 Å². The number of para-hydroxylation sites is 1. The number of aliphatic imine (C=N–C) groups is 1. The Morgan fingerprint density at radius 3 is 2.48 bits per heavy atom. The van der Waals surface area contributed by atoms with Gasteiger partial charge in [0.2, 0.25) is 5.91 Å². The molecule has 25 heavy (non-hydrogen) atoms. The lowest BCUT2D eigenvalue weighted by atomic mass is 10.1. The molecule has 1 N–H and O–H groups in total. The highest BCUT2D eigenvalue weighted by Crippen LogP contribution is 2.13. The van der Waals surface area contributed by atoms with Gasteiger partial charge in [-0.2, -0.15) is 0 Å². The van der Waals surface area contributed by atoms with E-state index < -0.39 is 0 Å². The molecule has 0 unspecified atom stereocenters. The van der Waals surface area contributed by atoms with Crippen LogP contribution in [0.3, 0.4) is 0 Å².